The Morgan fingerprint density at radius 3 is 1.83 bits per heavy atom. The van der Waals surface area contributed by atoms with E-state index >= 15 is 0 Å². The van der Waals surface area contributed by atoms with Gasteiger partial charge in [-0.3, -0.25) is 18.7 Å². The molecule has 21 nitrogen and oxygen atoms in total. The number of carbonyl (C=O) groups excluding carboxylic acids is 2. The highest BCUT2D eigenvalue weighted by Crippen LogP contribution is 2.20. The van der Waals surface area contributed by atoms with Gasteiger partial charge in [-0.2, -0.15) is 19.9 Å². The van der Waals surface area contributed by atoms with E-state index in [0.29, 0.717) is 24.3 Å². The topological polar surface area (TPSA) is 284 Å². The number of rotatable bonds is 21. The quantitative estimate of drug-likeness (QED) is 0.0226. The fourth-order valence-corrected chi connectivity index (χ4v) is 5.70. The lowest BCUT2D eigenvalue weighted by molar-refractivity contribution is -0.157. The number of amides is 1. The van der Waals surface area contributed by atoms with Crippen molar-refractivity contribution in [3.8, 4) is 12.0 Å². The summed E-state index contributed by atoms with van der Waals surface area (Å²) < 4.78 is 29.2. The minimum Gasteiger partial charge on any atom is -0.461 e. The molecule has 0 aliphatic heterocycles. The van der Waals surface area contributed by atoms with Gasteiger partial charge in [-0.15, -0.1) is 0 Å². The molecule has 0 saturated carbocycles. The van der Waals surface area contributed by atoms with E-state index in [1.165, 1.54) is 9.13 Å². The van der Waals surface area contributed by atoms with E-state index in [4.69, 9.17) is 35.2 Å². The first kappa shape index (κ1) is 41.6. The maximum atomic E-state index is 12.7. The molecule has 4 heterocycles. The average molecular weight is 829 g/mol. The third kappa shape index (κ3) is 11.1. The fourth-order valence-electron chi connectivity index (χ4n) is 5.64. The summed E-state index contributed by atoms with van der Waals surface area (Å²) in [6, 6.07) is 14.7. The van der Waals surface area contributed by atoms with Crippen LogP contribution in [0.15, 0.2) is 63.1 Å². The molecule has 0 aliphatic rings. The van der Waals surface area contributed by atoms with Crippen molar-refractivity contribution < 1.29 is 33.3 Å². The highest BCUT2D eigenvalue weighted by atomic mass is 32.1. The van der Waals surface area contributed by atoms with Gasteiger partial charge in [0.2, 0.25) is 5.91 Å². The lowest BCUT2D eigenvalue weighted by Gasteiger charge is -2.09. The zero-order valence-electron chi connectivity index (χ0n) is 31.8. The molecular weight excluding hydrogens is 789 g/mol. The minimum absolute atomic E-state index is 0.0102. The highest BCUT2D eigenvalue weighted by molar-refractivity contribution is 7.78. The first-order valence-electron chi connectivity index (χ1n) is 18.1. The van der Waals surface area contributed by atoms with Crippen molar-refractivity contribution in [3.63, 3.8) is 0 Å². The Morgan fingerprint density at radius 2 is 1.29 bits per heavy atom. The second-order valence-electron chi connectivity index (χ2n) is 12.8. The molecule has 0 atom stereocenters. The second kappa shape index (κ2) is 19.9. The number of methoxy groups -OCH3 is 1. The van der Waals surface area contributed by atoms with Crippen LogP contribution in [0.2, 0.25) is 0 Å². The Bertz CT molecular complexity index is 2580. The van der Waals surface area contributed by atoms with Crippen molar-refractivity contribution >= 4 is 63.2 Å². The number of aromatic nitrogens is 8. The standard InChI is InChI=1S/C37H40N12O9S/c1-54-12-14-56-34-44-30(38)28-32(46-34)49(37(53)42-28)19-25-8-4-23(5-9-25)17-41-26(50)10-11-27(51)58-21-55-13-15-57-35-45-31(39)29-33(47-35)48(36(52)43-29)18-24-6-2-22(3-7-24)16-40-20-59/h2-9H,10-19,21H2,1H3,(H,41,50)(H,42,53)(H,43,52)(H2,38,44,46)(H2,39,45,47). The highest BCUT2D eigenvalue weighted by Gasteiger charge is 2.17. The SMILES string of the molecule is COCCOc1nc(N)c2[nH]c(=O)n(Cc3ccc(CNC(=O)CCC(=O)OCOCCOc4nc(N)c5[nH]c(=O)n(Cc6ccc(CN=C=S)cc6)c5n4)cc3)c2n1. The number of aromatic amines is 2. The van der Waals surface area contributed by atoms with E-state index < -0.39 is 17.3 Å². The molecule has 0 bridgehead atoms. The molecule has 0 aliphatic carbocycles. The summed E-state index contributed by atoms with van der Waals surface area (Å²) in [5, 5.41) is 5.10. The third-order valence-corrected chi connectivity index (χ3v) is 8.77. The summed E-state index contributed by atoms with van der Waals surface area (Å²) in [7, 11) is 1.54. The Balaban J connectivity index is 0.887. The lowest BCUT2D eigenvalue weighted by Crippen LogP contribution is -2.24. The molecule has 59 heavy (non-hydrogen) atoms. The monoisotopic (exact) mass is 828 g/mol. The van der Waals surface area contributed by atoms with Crippen molar-refractivity contribution in [2.45, 2.75) is 39.0 Å². The zero-order valence-corrected chi connectivity index (χ0v) is 32.6. The summed E-state index contributed by atoms with van der Waals surface area (Å²) in [5.41, 5.74) is 15.8. The van der Waals surface area contributed by atoms with Crippen LogP contribution in [0.4, 0.5) is 11.6 Å². The minimum atomic E-state index is -0.622. The third-order valence-electron chi connectivity index (χ3n) is 8.64. The molecule has 1 amide bonds. The van der Waals surface area contributed by atoms with E-state index in [2.05, 4.69) is 57.6 Å². The molecule has 6 rings (SSSR count). The van der Waals surface area contributed by atoms with Crippen LogP contribution in [-0.2, 0) is 50.0 Å². The number of esters is 1. The maximum absolute atomic E-state index is 12.7. The Hall–Kier alpha value is -7.00. The summed E-state index contributed by atoms with van der Waals surface area (Å²) in [4.78, 5) is 76.2. The van der Waals surface area contributed by atoms with E-state index in [0.717, 1.165) is 22.3 Å². The van der Waals surface area contributed by atoms with Crippen molar-refractivity contribution in [3.05, 3.63) is 91.8 Å². The molecule has 0 fully saturated rings. The molecule has 0 saturated heterocycles. The second-order valence-corrected chi connectivity index (χ2v) is 12.9. The molecular formula is C37H40N12O9S. The molecule has 2 aromatic carbocycles. The normalized spacial score (nSPS) is 11.1. The number of anilines is 2. The lowest BCUT2D eigenvalue weighted by atomic mass is 10.1. The largest absolute Gasteiger partial charge is 0.461 e. The smallest absolute Gasteiger partial charge is 0.328 e. The predicted molar refractivity (Wildman–Crippen MR) is 216 cm³/mol. The van der Waals surface area contributed by atoms with Gasteiger partial charge < -0.3 is 50.4 Å². The fraction of sp³-hybridized carbons (Fsp3) is 0.324. The van der Waals surface area contributed by atoms with Crippen molar-refractivity contribution in [1.82, 2.24) is 44.4 Å². The molecule has 6 aromatic rings. The Morgan fingerprint density at radius 1 is 0.763 bits per heavy atom. The molecule has 7 N–H and O–H groups in total. The van der Waals surface area contributed by atoms with Gasteiger partial charge in [0.25, 0.3) is 0 Å². The van der Waals surface area contributed by atoms with Gasteiger partial charge in [0.1, 0.15) is 24.2 Å². The van der Waals surface area contributed by atoms with E-state index in [1.807, 2.05) is 48.5 Å². The van der Waals surface area contributed by atoms with Gasteiger partial charge in [-0.1, -0.05) is 48.5 Å². The number of imidazole rings is 2. The number of nitrogens with one attached hydrogen (secondary N) is 3. The molecule has 0 radical (unpaired) electrons. The number of isothiocyanates is 1. The van der Waals surface area contributed by atoms with Crippen LogP contribution in [0.25, 0.3) is 22.3 Å². The Labute approximate surface area is 339 Å². The van der Waals surface area contributed by atoms with Crippen LogP contribution in [0, 0.1) is 0 Å². The Kier molecular flexibility index (Phi) is 14.1. The number of fused-ring (bicyclic) bond motifs is 2. The number of ether oxygens (including phenoxy) is 5. The molecule has 0 spiro atoms. The van der Waals surface area contributed by atoms with Crippen LogP contribution >= 0.6 is 12.2 Å². The number of carbonyl (C=O) groups is 2. The van der Waals surface area contributed by atoms with Crippen LogP contribution in [0.3, 0.4) is 0 Å². The number of hydrogen-bond acceptors (Lipinski definition) is 17. The number of thiocarbonyl (C=S) groups is 1. The molecule has 22 heteroatoms. The number of benzene rings is 2. The zero-order chi connectivity index (χ0) is 41.7. The van der Waals surface area contributed by atoms with Crippen molar-refractivity contribution in [1.29, 1.82) is 0 Å². The number of H-pyrrole nitrogens is 2. The van der Waals surface area contributed by atoms with Crippen molar-refractivity contribution in [2.75, 3.05) is 51.8 Å². The average Bonchev–Trinajstić information content (AvgIpc) is 3.72. The van der Waals surface area contributed by atoms with E-state index in [1.54, 1.807) is 7.11 Å². The number of nitrogens with zero attached hydrogens (tertiary/aromatic N) is 7. The molecule has 0 unspecified atom stereocenters. The first-order chi connectivity index (χ1) is 28.6. The van der Waals surface area contributed by atoms with Gasteiger partial charge in [-0.25, -0.2) is 14.6 Å². The number of nitrogen functional groups attached to an aromatic ring is 2. The van der Waals surface area contributed by atoms with Crippen molar-refractivity contribution in [2.24, 2.45) is 4.99 Å². The van der Waals surface area contributed by atoms with E-state index in [9.17, 15) is 19.2 Å². The maximum Gasteiger partial charge on any atom is 0.328 e. The van der Waals surface area contributed by atoms with Gasteiger partial charge in [-0.05, 0) is 34.5 Å². The van der Waals surface area contributed by atoms with Crippen LogP contribution < -0.4 is 37.6 Å². The van der Waals surface area contributed by atoms with Crippen LogP contribution in [0.1, 0.15) is 35.1 Å². The van der Waals surface area contributed by atoms with Gasteiger partial charge in [0.15, 0.2) is 29.7 Å². The summed E-state index contributed by atoms with van der Waals surface area (Å²) >= 11 is 4.61. The molecule has 4 aromatic heterocycles. The van der Waals surface area contributed by atoms with E-state index in [-0.39, 0.29) is 99.8 Å². The van der Waals surface area contributed by atoms with Crippen LogP contribution in [-0.4, -0.2) is 96.4 Å². The van der Waals surface area contributed by atoms with Crippen LogP contribution in [0.5, 0.6) is 12.0 Å². The van der Waals surface area contributed by atoms with Gasteiger partial charge >= 0.3 is 29.4 Å². The number of aliphatic imine (C=N–C) groups is 1. The molecule has 308 valence electrons. The summed E-state index contributed by atoms with van der Waals surface area (Å²) in [6.07, 6.45) is -0.249. The number of nitrogens with two attached hydrogens (primary N) is 2. The summed E-state index contributed by atoms with van der Waals surface area (Å²) in [6.45, 7) is 1.24. The van der Waals surface area contributed by atoms with Gasteiger partial charge in [0.05, 0.1) is 44.4 Å². The summed E-state index contributed by atoms with van der Waals surface area (Å²) in [5.74, 6) is -0.852. The van der Waals surface area contributed by atoms with Gasteiger partial charge in [0, 0.05) is 20.1 Å². The first-order valence-corrected chi connectivity index (χ1v) is 18.5. The number of hydrogen-bond donors (Lipinski definition) is 5. The predicted octanol–water partition coefficient (Wildman–Crippen LogP) is 1.43.